The Kier molecular flexibility index (Phi) is 6.89. The average molecular weight is 578 g/mol. The molecule has 3 fully saturated rings. The number of ether oxygens (including phenoxy) is 5. The van der Waals surface area contributed by atoms with Gasteiger partial charge in [-0.2, -0.15) is 0 Å². The number of benzene rings is 2. The lowest BCUT2D eigenvalue weighted by Crippen LogP contribution is -2.49. The van der Waals surface area contributed by atoms with E-state index in [1.807, 2.05) is 30.3 Å². The molecule has 11 heteroatoms. The third kappa shape index (κ3) is 4.62. The van der Waals surface area contributed by atoms with E-state index in [-0.39, 0.29) is 24.4 Å². The van der Waals surface area contributed by atoms with Crippen LogP contribution in [-0.2, 0) is 14.2 Å². The van der Waals surface area contributed by atoms with Gasteiger partial charge in [0.25, 0.3) is 0 Å². The first-order valence-corrected chi connectivity index (χ1v) is 13.0. The van der Waals surface area contributed by atoms with Crippen LogP contribution in [0.5, 0.6) is 11.5 Å². The molecule has 190 valence electrons. The Morgan fingerprint density at radius 2 is 1.89 bits per heavy atom. The molecule has 36 heavy (non-hydrogen) atoms. The van der Waals surface area contributed by atoms with Gasteiger partial charge in [0.05, 0.1) is 50.1 Å². The van der Waals surface area contributed by atoms with Crippen molar-refractivity contribution in [1.29, 1.82) is 0 Å². The molecule has 0 spiro atoms. The topological polar surface area (TPSA) is 87.2 Å². The molecule has 9 nitrogen and oxygen atoms in total. The molecular weight excluding hydrogens is 552 g/mol. The van der Waals surface area contributed by atoms with Crippen molar-refractivity contribution in [2.45, 2.75) is 24.4 Å². The van der Waals surface area contributed by atoms with Crippen molar-refractivity contribution >= 4 is 49.9 Å². The Balaban J connectivity index is 1.23. The Bertz CT molecular complexity index is 1260. The van der Waals surface area contributed by atoms with E-state index in [0.717, 1.165) is 47.4 Å². The molecule has 3 aromatic rings. The number of anilines is 2. The van der Waals surface area contributed by atoms with Gasteiger partial charge in [0.1, 0.15) is 24.4 Å². The fourth-order valence-electron chi connectivity index (χ4n) is 5.06. The summed E-state index contributed by atoms with van der Waals surface area (Å²) in [5.74, 6) is 1.81. The van der Waals surface area contributed by atoms with Crippen LogP contribution in [0.2, 0.25) is 5.02 Å². The summed E-state index contributed by atoms with van der Waals surface area (Å²) >= 11 is 9.67. The van der Waals surface area contributed by atoms with E-state index in [4.69, 9.17) is 35.3 Å². The lowest BCUT2D eigenvalue weighted by atomic mass is 10.1. The highest BCUT2D eigenvalue weighted by Gasteiger charge is 2.51. The predicted octanol–water partition coefficient (Wildman–Crippen LogP) is 4.04. The fourth-order valence-corrected chi connectivity index (χ4v) is 5.48. The highest BCUT2D eigenvalue weighted by Crippen LogP contribution is 2.39. The summed E-state index contributed by atoms with van der Waals surface area (Å²) in [6.07, 6.45) is 1.12. The zero-order valence-electron chi connectivity index (χ0n) is 19.7. The van der Waals surface area contributed by atoms with Crippen LogP contribution in [0.15, 0.2) is 41.1 Å². The van der Waals surface area contributed by atoms with Gasteiger partial charge in [0.15, 0.2) is 17.6 Å². The molecule has 1 unspecified atom stereocenters. The van der Waals surface area contributed by atoms with Gasteiger partial charge in [0.2, 0.25) is 0 Å². The molecule has 4 atom stereocenters. The van der Waals surface area contributed by atoms with Gasteiger partial charge in [-0.25, -0.2) is 9.97 Å². The van der Waals surface area contributed by atoms with E-state index in [2.05, 4.69) is 36.1 Å². The molecule has 6 rings (SSSR count). The van der Waals surface area contributed by atoms with Crippen molar-refractivity contribution < 1.29 is 23.7 Å². The molecule has 0 amide bonds. The quantitative estimate of drug-likeness (QED) is 0.466. The van der Waals surface area contributed by atoms with Gasteiger partial charge >= 0.3 is 0 Å². The zero-order chi connectivity index (χ0) is 24.6. The lowest BCUT2D eigenvalue weighted by molar-refractivity contribution is -0.0221. The summed E-state index contributed by atoms with van der Waals surface area (Å²) in [4.78, 5) is 11.3. The first kappa shape index (κ1) is 24.1. The summed E-state index contributed by atoms with van der Waals surface area (Å²) in [6, 6.07) is 9.60. The molecule has 4 heterocycles. The van der Waals surface area contributed by atoms with Gasteiger partial charge in [-0.3, -0.25) is 4.90 Å². The van der Waals surface area contributed by atoms with Crippen molar-refractivity contribution in [2.24, 2.45) is 0 Å². The van der Waals surface area contributed by atoms with Crippen molar-refractivity contribution in [2.75, 3.05) is 51.9 Å². The Labute approximate surface area is 222 Å². The number of fused-ring (bicyclic) bond motifs is 2. The van der Waals surface area contributed by atoms with Crippen molar-refractivity contribution in [3.63, 3.8) is 0 Å². The molecule has 3 aliphatic rings. The van der Waals surface area contributed by atoms with E-state index in [1.54, 1.807) is 7.11 Å². The monoisotopic (exact) mass is 576 g/mol. The van der Waals surface area contributed by atoms with Gasteiger partial charge in [-0.05, 0) is 40.2 Å². The van der Waals surface area contributed by atoms with Crippen LogP contribution in [0, 0.1) is 0 Å². The van der Waals surface area contributed by atoms with Gasteiger partial charge in [-0.1, -0.05) is 11.6 Å². The number of hydrogen-bond donors (Lipinski definition) is 1. The molecule has 0 aliphatic carbocycles. The number of methoxy groups -OCH3 is 1. The third-order valence-corrected chi connectivity index (χ3v) is 8.11. The third-order valence-electron chi connectivity index (χ3n) is 6.88. The second kappa shape index (κ2) is 10.3. The minimum Gasteiger partial charge on any atom is -0.493 e. The van der Waals surface area contributed by atoms with Crippen molar-refractivity contribution in [1.82, 2.24) is 14.9 Å². The Hall–Kier alpha value is -2.21. The maximum Gasteiger partial charge on any atom is 0.164 e. The van der Waals surface area contributed by atoms with E-state index < -0.39 is 0 Å². The SMILES string of the molecule is COc1cc2c(Nc3ccc(Br)c(Cl)c3)ncnc2cc1O[C@@H]1CO[C@H]2C(N3CCOCC3)CO[C@@H]12. The van der Waals surface area contributed by atoms with Crippen LogP contribution in [-0.4, -0.2) is 85.8 Å². The minimum absolute atomic E-state index is 0.0181. The second-order valence-corrected chi connectivity index (χ2v) is 10.2. The van der Waals surface area contributed by atoms with Crippen LogP contribution in [0.4, 0.5) is 11.5 Å². The molecule has 3 aliphatic heterocycles. The summed E-state index contributed by atoms with van der Waals surface area (Å²) in [7, 11) is 1.62. The zero-order valence-corrected chi connectivity index (χ0v) is 22.0. The van der Waals surface area contributed by atoms with Gasteiger partial charge in [-0.15, -0.1) is 0 Å². The molecule has 0 saturated carbocycles. The van der Waals surface area contributed by atoms with Gasteiger partial charge < -0.3 is 29.0 Å². The van der Waals surface area contributed by atoms with Crippen LogP contribution < -0.4 is 14.8 Å². The average Bonchev–Trinajstić information content (AvgIpc) is 3.49. The van der Waals surface area contributed by atoms with Crippen LogP contribution >= 0.6 is 27.5 Å². The Morgan fingerprint density at radius 3 is 2.69 bits per heavy atom. The number of rotatable bonds is 6. The molecule has 1 aromatic heterocycles. The standard InChI is InChI=1S/C25H26BrClN4O5/c1-32-20-9-15-18(28-13-29-25(15)30-14-2-3-16(26)17(27)8-14)10-21(20)36-22-12-35-23-19(11-34-24(22)23)31-4-6-33-7-5-31/h2-3,8-10,13,19,22-24H,4-7,11-12H2,1H3,(H,28,29,30)/t19?,22-,23+,24+/m1/s1. The fraction of sp³-hybridized carbons (Fsp3) is 0.440. The minimum atomic E-state index is -0.239. The summed E-state index contributed by atoms with van der Waals surface area (Å²) in [5, 5.41) is 4.72. The molecule has 2 aromatic carbocycles. The van der Waals surface area contributed by atoms with Crippen LogP contribution in [0.1, 0.15) is 0 Å². The first-order valence-electron chi connectivity index (χ1n) is 11.9. The lowest BCUT2D eigenvalue weighted by Gasteiger charge is -2.33. The number of halogens is 2. The van der Waals surface area contributed by atoms with E-state index >= 15 is 0 Å². The van der Waals surface area contributed by atoms with Crippen LogP contribution in [0.3, 0.4) is 0 Å². The smallest absolute Gasteiger partial charge is 0.164 e. The molecular formula is C25H26BrClN4O5. The summed E-state index contributed by atoms with van der Waals surface area (Å²) in [5.41, 5.74) is 1.53. The number of morpholine rings is 1. The molecule has 3 saturated heterocycles. The first-order chi connectivity index (χ1) is 17.6. The number of aromatic nitrogens is 2. The highest BCUT2D eigenvalue weighted by molar-refractivity contribution is 9.10. The van der Waals surface area contributed by atoms with E-state index in [9.17, 15) is 0 Å². The maximum absolute atomic E-state index is 6.42. The summed E-state index contributed by atoms with van der Waals surface area (Å²) < 4.78 is 30.8. The molecule has 0 bridgehead atoms. The number of hydrogen-bond acceptors (Lipinski definition) is 9. The van der Waals surface area contributed by atoms with Crippen molar-refractivity contribution in [3.8, 4) is 11.5 Å². The summed E-state index contributed by atoms with van der Waals surface area (Å²) in [6.45, 7) is 4.37. The van der Waals surface area contributed by atoms with Crippen LogP contribution in [0.25, 0.3) is 10.9 Å². The van der Waals surface area contributed by atoms with E-state index in [0.29, 0.717) is 35.6 Å². The molecule has 0 radical (unpaired) electrons. The predicted molar refractivity (Wildman–Crippen MR) is 139 cm³/mol. The normalized spacial score (nSPS) is 26.2. The second-order valence-electron chi connectivity index (χ2n) is 8.96. The highest BCUT2D eigenvalue weighted by atomic mass is 79.9. The number of nitrogens with one attached hydrogen (secondary N) is 1. The molecule has 1 N–H and O–H groups in total. The van der Waals surface area contributed by atoms with Gasteiger partial charge in [0, 0.05) is 34.7 Å². The Morgan fingerprint density at radius 1 is 1.06 bits per heavy atom. The van der Waals surface area contributed by atoms with Crippen molar-refractivity contribution in [3.05, 3.63) is 46.2 Å². The van der Waals surface area contributed by atoms with E-state index in [1.165, 1.54) is 6.33 Å². The largest absolute Gasteiger partial charge is 0.493 e. The number of nitrogens with zero attached hydrogens (tertiary/aromatic N) is 3. The maximum atomic E-state index is 6.42.